The van der Waals surface area contributed by atoms with Gasteiger partial charge in [-0.25, -0.2) is 0 Å². The normalized spacial score (nSPS) is 20.1. The van der Waals surface area contributed by atoms with Crippen LogP contribution in [0.3, 0.4) is 0 Å². The molecule has 0 aliphatic carbocycles. The molecule has 8 unspecified atom stereocenters. The van der Waals surface area contributed by atoms with Gasteiger partial charge in [-0.05, 0) is 77.0 Å². The van der Waals surface area contributed by atoms with E-state index in [1.54, 1.807) is 6.08 Å². The molecule has 1 rings (SSSR count). The first-order chi connectivity index (χ1) is 33.7. The van der Waals surface area contributed by atoms with Gasteiger partial charge in [-0.15, -0.1) is 0 Å². The van der Waals surface area contributed by atoms with Crippen LogP contribution in [0, 0.1) is 0 Å². The molecular formula is C58H105NO10. The Morgan fingerprint density at radius 1 is 0.580 bits per heavy atom. The number of esters is 1. The zero-order valence-electron chi connectivity index (χ0n) is 44.2. The predicted molar refractivity (Wildman–Crippen MR) is 283 cm³/mol. The van der Waals surface area contributed by atoms with E-state index in [0.29, 0.717) is 12.8 Å². The van der Waals surface area contributed by atoms with E-state index in [2.05, 4.69) is 62.5 Å². The second-order valence-electron chi connectivity index (χ2n) is 19.6. The van der Waals surface area contributed by atoms with Crippen LogP contribution in [0.4, 0.5) is 0 Å². The predicted octanol–water partition coefficient (Wildman–Crippen LogP) is 12.5. The summed E-state index contributed by atoms with van der Waals surface area (Å²) in [6.45, 7) is 5.65. The van der Waals surface area contributed by atoms with Crippen molar-refractivity contribution in [1.29, 1.82) is 0 Å². The van der Waals surface area contributed by atoms with Crippen molar-refractivity contribution in [1.82, 2.24) is 5.32 Å². The largest absolute Gasteiger partial charge is 0.454 e. The van der Waals surface area contributed by atoms with Gasteiger partial charge in [0.05, 0.1) is 25.4 Å². The molecule has 1 fully saturated rings. The van der Waals surface area contributed by atoms with E-state index in [-0.39, 0.29) is 19.4 Å². The highest BCUT2D eigenvalue weighted by Gasteiger charge is 2.47. The third-order valence-corrected chi connectivity index (χ3v) is 13.2. The van der Waals surface area contributed by atoms with Crippen molar-refractivity contribution >= 4 is 11.9 Å². The van der Waals surface area contributed by atoms with Crippen LogP contribution in [0.15, 0.2) is 48.6 Å². The van der Waals surface area contributed by atoms with E-state index in [9.17, 15) is 35.1 Å². The third kappa shape index (κ3) is 35.4. The molecule has 11 heteroatoms. The fourth-order valence-corrected chi connectivity index (χ4v) is 8.68. The van der Waals surface area contributed by atoms with Gasteiger partial charge in [-0.2, -0.15) is 0 Å². The minimum absolute atomic E-state index is 0.103. The van der Waals surface area contributed by atoms with Gasteiger partial charge >= 0.3 is 5.97 Å². The van der Waals surface area contributed by atoms with Gasteiger partial charge in [-0.1, -0.05) is 211 Å². The number of carbonyl (C=O) groups is 2. The summed E-state index contributed by atoms with van der Waals surface area (Å²) in [6, 6.07) is -1.03. The Morgan fingerprint density at radius 3 is 1.57 bits per heavy atom. The van der Waals surface area contributed by atoms with Gasteiger partial charge < -0.3 is 45.1 Å². The molecule has 0 spiro atoms. The van der Waals surface area contributed by atoms with Crippen LogP contribution in [0.1, 0.15) is 245 Å². The fourth-order valence-electron chi connectivity index (χ4n) is 8.68. The number of nitrogens with one attached hydrogen (secondary N) is 1. The first-order valence-electron chi connectivity index (χ1n) is 28.4. The van der Waals surface area contributed by atoms with Crippen molar-refractivity contribution in [3.8, 4) is 0 Å². The van der Waals surface area contributed by atoms with E-state index in [1.165, 1.54) is 103 Å². The molecule has 0 aromatic rings. The number of carbonyl (C=O) groups excluding carboxylic acids is 2. The third-order valence-electron chi connectivity index (χ3n) is 13.2. The molecule has 1 aliphatic rings. The molecule has 69 heavy (non-hydrogen) atoms. The lowest BCUT2D eigenvalue weighted by molar-refractivity contribution is -0.305. The molecule has 0 aromatic heterocycles. The van der Waals surface area contributed by atoms with Crippen molar-refractivity contribution in [2.45, 2.75) is 294 Å². The lowest BCUT2D eigenvalue weighted by Crippen LogP contribution is -2.61. The number of ether oxygens (including phenoxy) is 3. The smallest absolute Gasteiger partial charge is 0.306 e. The molecule has 1 saturated heterocycles. The zero-order chi connectivity index (χ0) is 50.4. The minimum atomic E-state index is -1.62. The van der Waals surface area contributed by atoms with E-state index >= 15 is 0 Å². The Kier molecular flexibility index (Phi) is 43.7. The van der Waals surface area contributed by atoms with Crippen molar-refractivity contribution in [2.24, 2.45) is 0 Å². The molecule has 1 aliphatic heterocycles. The average molecular weight is 976 g/mol. The van der Waals surface area contributed by atoms with Gasteiger partial charge in [0.2, 0.25) is 5.91 Å². The second-order valence-corrected chi connectivity index (χ2v) is 19.6. The number of rotatable bonds is 47. The van der Waals surface area contributed by atoms with E-state index < -0.39 is 67.4 Å². The summed E-state index contributed by atoms with van der Waals surface area (Å²) in [6.07, 6.45) is 44.4. The van der Waals surface area contributed by atoms with Crippen LogP contribution in [-0.4, -0.2) is 99.6 Å². The fraction of sp³-hybridized carbons (Fsp3) is 0.828. The van der Waals surface area contributed by atoms with Gasteiger partial charge in [0, 0.05) is 6.42 Å². The highest BCUT2D eigenvalue weighted by molar-refractivity contribution is 5.80. The standard InChI is InChI=1S/C58H105NO10/c1-4-7-10-13-16-19-22-25-28-31-34-37-40-43-46-53(63)69-56-55(65)54(64)52(47-60)68-58(56)67-48-49(50(61)44-41-38-35-32-29-26-23-20-17-14-11-8-5-2)59-57(66)51(62)45-42-39-36-33-30-27-24-21-18-15-12-9-6-3/h9,12,18,21,28,31,41,44,49-52,54-56,58,60-62,64-65H,4-8,10-11,13-17,19-20,22-27,29-30,32-40,42-43,45-48H2,1-3H3,(H,59,66)/b12-9+,21-18+,31-28-,44-41+. The van der Waals surface area contributed by atoms with Crippen molar-refractivity contribution < 1.29 is 49.3 Å². The number of aliphatic hydroxyl groups excluding tert-OH is 5. The minimum Gasteiger partial charge on any atom is -0.454 e. The summed E-state index contributed by atoms with van der Waals surface area (Å²) in [5.41, 5.74) is 0. The molecule has 0 saturated carbocycles. The first-order valence-corrected chi connectivity index (χ1v) is 28.4. The molecule has 11 nitrogen and oxygen atoms in total. The van der Waals surface area contributed by atoms with E-state index in [0.717, 1.165) is 96.3 Å². The maximum Gasteiger partial charge on any atom is 0.306 e. The Bertz CT molecular complexity index is 1300. The average Bonchev–Trinajstić information content (AvgIpc) is 3.34. The lowest BCUT2D eigenvalue weighted by Gasteiger charge is -2.41. The maximum absolute atomic E-state index is 13.4. The Balaban J connectivity index is 2.76. The molecule has 0 bridgehead atoms. The summed E-state index contributed by atoms with van der Waals surface area (Å²) < 4.78 is 17.5. The van der Waals surface area contributed by atoms with Crippen LogP contribution in [-0.2, 0) is 23.8 Å². The molecule has 0 aromatic carbocycles. The first kappa shape index (κ1) is 64.6. The van der Waals surface area contributed by atoms with Gasteiger partial charge in [0.1, 0.15) is 24.4 Å². The summed E-state index contributed by atoms with van der Waals surface area (Å²) in [5.74, 6) is -1.22. The monoisotopic (exact) mass is 976 g/mol. The highest BCUT2D eigenvalue weighted by Crippen LogP contribution is 2.26. The maximum atomic E-state index is 13.4. The SMILES string of the molecule is CC/C=C/C/C=C/CCCCCCCCC(O)C(=O)NC(COC1OC(CO)C(O)C(O)C1OC(=O)CCCCC/C=C\CCCCCCCCC)C(O)/C=C/CCCCCCCCCCCCC. The number of amides is 1. The van der Waals surface area contributed by atoms with Crippen LogP contribution in [0.5, 0.6) is 0 Å². The number of unbranched alkanes of at least 4 members (excludes halogenated alkanes) is 27. The van der Waals surface area contributed by atoms with Crippen LogP contribution >= 0.6 is 0 Å². The summed E-state index contributed by atoms with van der Waals surface area (Å²) in [5, 5.41) is 56.7. The Hall–Kier alpha value is -2.38. The lowest BCUT2D eigenvalue weighted by atomic mass is 9.99. The highest BCUT2D eigenvalue weighted by atomic mass is 16.7. The molecule has 6 N–H and O–H groups in total. The molecule has 0 radical (unpaired) electrons. The van der Waals surface area contributed by atoms with Crippen molar-refractivity contribution in [3.05, 3.63) is 48.6 Å². The Morgan fingerprint density at radius 2 is 1.04 bits per heavy atom. The zero-order valence-corrected chi connectivity index (χ0v) is 44.2. The number of hydrogen-bond donors (Lipinski definition) is 6. The van der Waals surface area contributed by atoms with Crippen LogP contribution < -0.4 is 5.32 Å². The molecule has 1 amide bonds. The van der Waals surface area contributed by atoms with E-state index in [4.69, 9.17) is 14.2 Å². The molecule has 402 valence electrons. The van der Waals surface area contributed by atoms with Crippen LogP contribution in [0.2, 0.25) is 0 Å². The molecular weight excluding hydrogens is 871 g/mol. The van der Waals surface area contributed by atoms with Crippen LogP contribution in [0.25, 0.3) is 0 Å². The summed E-state index contributed by atoms with van der Waals surface area (Å²) >= 11 is 0. The van der Waals surface area contributed by atoms with Crippen molar-refractivity contribution in [3.63, 3.8) is 0 Å². The molecule has 1 heterocycles. The van der Waals surface area contributed by atoms with Crippen molar-refractivity contribution in [2.75, 3.05) is 13.2 Å². The summed E-state index contributed by atoms with van der Waals surface area (Å²) in [7, 11) is 0. The number of hydrogen-bond acceptors (Lipinski definition) is 10. The number of aliphatic hydroxyl groups is 5. The topological polar surface area (TPSA) is 175 Å². The quantitative estimate of drug-likeness (QED) is 0.0196. The number of allylic oxidation sites excluding steroid dienone is 7. The summed E-state index contributed by atoms with van der Waals surface area (Å²) in [4.78, 5) is 26.4. The second kappa shape index (κ2) is 46.7. The Labute approximate surface area is 421 Å². The van der Waals surface area contributed by atoms with Gasteiger partial charge in [0.15, 0.2) is 12.4 Å². The molecule has 8 atom stereocenters. The van der Waals surface area contributed by atoms with Gasteiger partial charge in [0.25, 0.3) is 0 Å². The van der Waals surface area contributed by atoms with E-state index in [1.807, 2.05) is 6.08 Å². The van der Waals surface area contributed by atoms with Gasteiger partial charge in [-0.3, -0.25) is 9.59 Å².